The minimum absolute atomic E-state index is 0.00331. The van der Waals surface area contributed by atoms with Crippen molar-refractivity contribution in [3.63, 3.8) is 0 Å². The third-order valence-corrected chi connectivity index (χ3v) is 4.89. The Morgan fingerprint density at radius 3 is 2.55 bits per heavy atom. The number of piperidine rings is 1. The van der Waals surface area contributed by atoms with Crippen LogP contribution in [0.25, 0.3) is 0 Å². The van der Waals surface area contributed by atoms with Crippen LogP contribution in [0.5, 0.6) is 0 Å². The maximum absolute atomic E-state index is 12.1. The fourth-order valence-corrected chi connectivity index (χ4v) is 3.69. The van der Waals surface area contributed by atoms with Crippen LogP contribution in [0.4, 0.5) is 0 Å². The van der Waals surface area contributed by atoms with Crippen molar-refractivity contribution < 1.29 is 19.5 Å². The number of thiazole rings is 1. The fourth-order valence-electron chi connectivity index (χ4n) is 2.93. The van der Waals surface area contributed by atoms with Crippen molar-refractivity contribution >= 4 is 29.1 Å². The number of hydrogen-bond acceptors (Lipinski definition) is 5. The van der Waals surface area contributed by atoms with E-state index in [1.54, 1.807) is 0 Å². The van der Waals surface area contributed by atoms with Crippen LogP contribution in [0, 0.1) is 11.8 Å². The summed E-state index contributed by atoms with van der Waals surface area (Å²) in [6.45, 7) is 0.303. The lowest BCUT2D eigenvalue weighted by atomic mass is 9.97. The van der Waals surface area contributed by atoms with Crippen LogP contribution in [0.1, 0.15) is 34.8 Å². The summed E-state index contributed by atoms with van der Waals surface area (Å²) in [5.74, 6) is -1.19. The first-order valence-corrected chi connectivity index (χ1v) is 7.47. The maximum atomic E-state index is 12.1. The highest BCUT2D eigenvalue weighted by Crippen LogP contribution is 2.38. The molecule has 2 unspecified atom stereocenters. The predicted molar refractivity (Wildman–Crippen MR) is 70.3 cm³/mol. The van der Waals surface area contributed by atoms with Crippen molar-refractivity contribution in [3.05, 3.63) is 16.1 Å². The third kappa shape index (κ3) is 2.22. The van der Waals surface area contributed by atoms with Gasteiger partial charge in [-0.05, 0) is 19.3 Å². The molecule has 2 amide bonds. The summed E-state index contributed by atoms with van der Waals surface area (Å²) in [6, 6.07) is 0. The van der Waals surface area contributed by atoms with E-state index < -0.39 is 5.97 Å². The Kier molecular flexibility index (Phi) is 3.29. The molecule has 1 saturated carbocycles. The van der Waals surface area contributed by atoms with E-state index in [1.807, 2.05) is 0 Å². The average molecular weight is 294 g/mol. The lowest BCUT2D eigenvalue weighted by molar-refractivity contribution is -0.152. The largest absolute Gasteiger partial charge is 0.476 e. The first-order chi connectivity index (χ1) is 9.56. The number of fused-ring (bicyclic) bond motifs is 2. The van der Waals surface area contributed by atoms with Crippen LogP contribution in [-0.4, -0.2) is 39.3 Å². The van der Waals surface area contributed by atoms with Gasteiger partial charge in [-0.15, -0.1) is 11.3 Å². The molecule has 0 aromatic carbocycles. The number of imide groups is 1. The molecule has 1 saturated heterocycles. The van der Waals surface area contributed by atoms with Gasteiger partial charge in [0.1, 0.15) is 0 Å². The van der Waals surface area contributed by atoms with E-state index in [9.17, 15) is 14.4 Å². The van der Waals surface area contributed by atoms with Gasteiger partial charge in [-0.3, -0.25) is 14.5 Å². The smallest absolute Gasteiger partial charge is 0.355 e. The van der Waals surface area contributed by atoms with Crippen LogP contribution < -0.4 is 0 Å². The molecule has 0 spiro atoms. The molecule has 7 heteroatoms. The van der Waals surface area contributed by atoms with E-state index in [1.165, 1.54) is 21.6 Å². The summed E-state index contributed by atoms with van der Waals surface area (Å²) in [5.41, 5.74) is 0.0152. The molecule has 3 rings (SSSR count). The van der Waals surface area contributed by atoms with Crippen molar-refractivity contribution in [2.75, 3.05) is 6.54 Å². The lowest BCUT2D eigenvalue weighted by Crippen LogP contribution is -2.47. The van der Waals surface area contributed by atoms with Crippen LogP contribution in [-0.2, 0) is 16.0 Å². The highest BCUT2D eigenvalue weighted by molar-refractivity contribution is 7.09. The average Bonchev–Trinajstić information content (AvgIpc) is 3.05. The number of aromatic carboxylic acids is 1. The van der Waals surface area contributed by atoms with E-state index in [0.717, 1.165) is 12.8 Å². The molecule has 0 radical (unpaired) electrons. The van der Waals surface area contributed by atoms with Crippen LogP contribution in [0.3, 0.4) is 0 Å². The zero-order chi connectivity index (χ0) is 14.3. The van der Waals surface area contributed by atoms with Gasteiger partial charge in [0.2, 0.25) is 11.8 Å². The normalized spacial score (nSPS) is 25.3. The number of carboxylic acid groups (broad SMARTS) is 1. The van der Waals surface area contributed by atoms with Gasteiger partial charge in [0.15, 0.2) is 5.69 Å². The number of nitrogens with zero attached hydrogens (tertiary/aromatic N) is 2. The number of hydrogen-bond donors (Lipinski definition) is 1. The van der Waals surface area contributed by atoms with Gasteiger partial charge >= 0.3 is 5.97 Å². The molecule has 1 aromatic rings. The number of aromatic nitrogens is 1. The summed E-state index contributed by atoms with van der Waals surface area (Å²) < 4.78 is 0. The Labute approximate surface area is 119 Å². The second kappa shape index (κ2) is 4.97. The van der Waals surface area contributed by atoms with Crippen LogP contribution in [0.15, 0.2) is 5.38 Å². The van der Waals surface area contributed by atoms with Crippen LogP contribution in [0.2, 0.25) is 0 Å². The zero-order valence-corrected chi connectivity index (χ0v) is 11.6. The van der Waals surface area contributed by atoms with E-state index >= 15 is 0 Å². The number of carbonyl (C=O) groups is 3. The molecule has 106 valence electrons. The molecule has 1 aromatic heterocycles. The van der Waals surface area contributed by atoms with E-state index in [4.69, 9.17) is 5.11 Å². The first kappa shape index (κ1) is 13.2. The Morgan fingerprint density at radius 1 is 1.35 bits per heavy atom. The van der Waals surface area contributed by atoms with Crippen molar-refractivity contribution in [2.45, 2.75) is 25.7 Å². The van der Waals surface area contributed by atoms with Crippen molar-refractivity contribution in [1.82, 2.24) is 9.88 Å². The Bertz CT molecular complexity index is 561. The van der Waals surface area contributed by atoms with Crippen molar-refractivity contribution in [3.8, 4) is 0 Å². The van der Waals surface area contributed by atoms with Gasteiger partial charge in [-0.1, -0.05) is 0 Å². The number of likely N-dealkylation sites (tertiary alicyclic amines) is 1. The molecule has 6 nitrogen and oxygen atoms in total. The SMILES string of the molecule is O=C(O)c1csc(CCN2C(=O)C3CCC(C3)C2=O)n1. The summed E-state index contributed by atoms with van der Waals surface area (Å²) in [6.07, 6.45) is 2.75. The van der Waals surface area contributed by atoms with E-state index in [0.29, 0.717) is 24.4 Å². The number of rotatable bonds is 4. The van der Waals surface area contributed by atoms with Gasteiger partial charge in [0.25, 0.3) is 0 Å². The van der Waals surface area contributed by atoms with Gasteiger partial charge in [0, 0.05) is 30.2 Å². The maximum Gasteiger partial charge on any atom is 0.355 e. The number of carboxylic acids is 1. The van der Waals surface area contributed by atoms with Gasteiger partial charge in [-0.2, -0.15) is 0 Å². The minimum Gasteiger partial charge on any atom is -0.476 e. The second-order valence-corrected chi connectivity index (χ2v) is 6.16. The molecular weight excluding hydrogens is 280 g/mol. The number of carbonyl (C=O) groups excluding carboxylic acids is 2. The summed E-state index contributed by atoms with van der Waals surface area (Å²) in [4.78, 5) is 40.3. The van der Waals surface area contributed by atoms with Gasteiger partial charge in [-0.25, -0.2) is 9.78 Å². The Hall–Kier alpha value is -1.76. The molecule has 20 heavy (non-hydrogen) atoms. The Morgan fingerprint density at radius 2 is 2.00 bits per heavy atom. The third-order valence-electron chi connectivity index (χ3n) is 3.98. The molecular formula is C13H14N2O4S. The minimum atomic E-state index is -1.06. The standard InChI is InChI=1S/C13H14N2O4S/c16-11-7-1-2-8(5-7)12(17)15(11)4-3-10-14-9(6-20-10)13(18)19/h6-8H,1-5H2,(H,18,19). The molecule has 2 heterocycles. The molecule has 2 atom stereocenters. The van der Waals surface area contributed by atoms with Crippen LogP contribution >= 0.6 is 11.3 Å². The predicted octanol–water partition coefficient (Wildman–Crippen LogP) is 1.17. The van der Waals surface area contributed by atoms with E-state index in [-0.39, 0.29) is 29.3 Å². The molecule has 1 aliphatic heterocycles. The number of amides is 2. The summed E-state index contributed by atoms with van der Waals surface area (Å²) in [7, 11) is 0. The van der Waals surface area contributed by atoms with Crippen molar-refractivity contribution in [1.29, 1.82) is 0 Å². The highest BCUT2D eigenvalue weighted by atomic mass is 32.1. The molecule has 1 N–H and O–H groups in total. The fraction of sp³-hybridized carbons (Fsp3) is 0.538. The van der Waals surface area contributed by atoms with Crippen molar-refractivity contribution in [2.24, 2.45) is 11.8 Å². The quantitative estimate of drug-likeness (QED) is 0.842. The summed E-state index contributed by atoms with van der Waals surface area (Å²) in [5, 5.41) is 10.9. The second-order valence-electron chi connectivity index (χ2n) is 5.22. The monoisotopic (exact) mass is 294 g/mol. The molecule has 1 aliphatic carbocycles. The molecule has 2 fully saturated rings. The van der Waals surface area contributed by atoms with Gasteiger partial charge in [0.05, 0.1) is 5.01 Å². The molecule has 2 bridgehead atoms. The first-order valence-electron chi connectivity index (χ1n) is 6.59. The van der Waals surface area contributed by atoms with E-state index in [2.05, 4.69) is 4.98 Å². The van der Waals surface area contributed by atoms with Gasteiger partial charge < -0.3 is 5.11 Å². The zero-order valence-electron chi connectivity index (χ0n) is 10.7. The topological polar surface area (TPSA) is 87.6 Å². The Balaban J connectivity index is 1.66. The summed E-state index contributed by atoms with van der Waals surface area (Å²) >= 11 is 1.24. The molecule has 2 aliphatic rings. The lowest BCUT2D eigenvalue weighted by Gasteiger charge is -2.29. The highest BCUT2D eigenvalue weighted by Gasteiger charge is 2.44.